The summed E-state index contributed by atoms with van der Waals surface area (Å²) >= 11 is 1.48. The topological polar surface area (TPSA) is 72.2 Å². The third-order valence-corrected chi connectivity index (χ3v) is 4.60. The molecule has 3 heterocycles. The highest BCUT2D eigenvalue weighted by atomic mass is 32.1. The van der Waals surface area contributed by atoms with Crippen LogP contribution in [-0.4, -0.2) is 25.5 Å². The smallest absolute Gasteiger partial charge is 0.225 e. The second-order valence-electron chi connectivity index (χ2n) is 5.61. The maximum absolute atomic E-state index is 12.1. The minimum Gasteiger partial charge on any atom is -0.316 e. The van der Waals surface area contributed by atoms with Gasteiger partial charge in [-0.05, 0) is 39.7 Å². The summed E-state index contributed by atoms with van der Waals surface area (Å²) in [6.07, 6.45) is 2.74. The fraction of sp³-hybridized carbons (Fsp3) is 0.375. The highest BCUT2D eigenvalue weighted by molar-refractivity contribution is 7.15. The number of hydrogen-bond donors (Lipinski definition) is 1. The summed E-state index contributed by atoms with van der Waals surface area (Å²) in [6.45, 7) is 7.87. The SMILES string of the molecule is Cc1cc2nc(C)c(CCC(=O)Nc3cnc(C)s3)c(C)n2n1. The van der Waals surface area contributed by atoms with Gasteiger partial charge in [0.25, 0.3) is 0 Å². The number of anilines is 1. The Morgan fingerprint density at radius 2 is 2.09 bits per heavy atom. The van der Waals surface area contributed by atoms with Gasteiger partial charge in [-0.2, -0.15) is 5.10 Å². The van der Waals surface area contributed by atoms with Crippen LogP contribution >= 0.6 is 11.3 Å². The lowest BCUT2D eigenvalue weighted by Gasteiger charge is -2.10. The Bertz CT molecular complexity index is 880. The van der Waals surface area contributed by atoms with Crippen molar-refractivity contribution in [2.24, 2.45) is 0 Å². The van der Waals surface area contributed by atoms with Gasteiger partial charge >= 0.3 is 0 Å². The summed E-state index contributed by atoms with van der Waals surface area (Å²) in [5.41, 5.74) is 4.87. The van der Waals surface area contributed by atoms with Gasteiger partial charge in [0, 0.05) is 23.9 Å². The van der Waals surface area contributed by atoms with E-state index in [1.54, 1.807) is 6.20 Å². The van der Waals surface area contributed by atoms with Crippen LogP contribution in [0.3, 0.4) is 0 Å². The number of carbonyl (C=O) groups is 1. The van der Waals surface area contributed by atoms with Crippen LogP contribution in [0.5, 0.6) is 0 Å². The summed E-state index contributed by atoms with van der Waals surface area (Å²) in [4.78, 5) is 20.8. The van der Waals surface area contributed by atoms with Crippen molar-refractivity contribution in [1.82, 2.24) is 19.6 Å². The first-order valence-electron chi connectivity index (χ1n) is 7.49. The second kappa shape index (κ2) is 6.08. The number of nitrogens with one attached hydrogen (secondary N) is 1. The summed E-state index contributed by atoms with van der Waals surface area (Å²) in [5.74, 6) is -0.0100. The molecule has 0 bridgehead atoms. The zero-order chi connectivity index (χ0) is 16.6. The van der Waals surface area contributed by atoms with Crippen molar-refractivity contribution in [3.8, 4) is 0 Å². The number of fused-ring (bicyclic) bond motifs is 1. The first-order valence-corrected chi connectivity index (χ1v) is 8.30. The average Bonchev–Trinajstić information content (AvgIpc) is 3.04. The van der Waals surface area contributed by atoms with E-state index < -0.39 is 0 Å². The summed E-state index contributed by atoms with van der Waals surface area (Å²) in [5, 5.41) is 9.08. The third kappa shape index (κ3) is 3.24. The molecule has 0 saturated carbocycles. The molecule has 0 aliphatic carbocycles. The molecule has 0 aliphatic heterocycles. The Hall–Kier alpha value is -2.28. The Morgan fingerprint density at radius 1 is 1.30 bits per heavy atom. The van der Waals surface area contributed by atoms with Crippen LogP contribution in [0.1, 0.15) is 34.1 Å². The highest BCUT2D eigenvalue weighted by Gasteiger charge is 2.13. The van der Waals surface area contributed by atoms with Crippen molar-refractivity contribution in [3.05, 3.63) is 39.9 Å². The largest absolute Gasteiger partial charge is 0.316 e. The Balaban J connectivity index is 1.75. The molecular formula is C16H19N5OS. The lowest BCUT2D eigenvalue weighted by molar-refractivity contribution is -0.116. The fourth-order valence-corrected chi connectivity index (χ4v) is 3.35. The van der Waals surface area contributed by atoms with Crippen molar-refractivity contribution in [2.75, 3.05) is 5.32 Å². The van der Waals surface area contributed by atoms with Crippen LogP contribution in [0.4, 0.5) is 5.00 Å². The first-order chi connectivity index (χ1) is 10.9. The maximum atomic E-state index is 12.1. The molecule has 7 heteroatoms. The van der Waals surface area contributed by atoms with Crippen molar-refractivity contribution < 1.29 is 4.79 Å². The van der Waals surface area contributed by atoms with E-state index in [1.165, 1.54) is 11.3 Å². The van der Waals surface area contributed by atoms with Gasteiger partial charge < -0.3 is 5.32 Å². The van der Waals surface area contributed by atoms with E-state index in [9.17, 15) is 4.79 Å². The predicted octanol–water partition coefficient (Wildman–Crippen LogP) is 2.99. The molecule has 23 heavy (non-hydrogen) atoms. The number of hydrogen-bond acceptors (Lipinski definition) is 5. The number of amides is 1. The molecule has 1 amide bonds. The van der Waals surface area contributed by atoms with Gasteiger partial charge in [-0.3, -0.25) is 4.79 Å². The van der Waals surface area contributed by atoms with Gasteiger partial charge in [0.1, 0.15) is 5.00 Å². The molecule has 3 aromatic rings. The zero-order valence-electron chi connectivity index (χ0n) is 13.7. The molecule has 6 nitrogen and oxygen atoms in total. The lowest BCUT2D eigenvalue weighted by atomic mass is 10.1. The number of carbonyl (C=O) groups excluding carboxylic acids is 1. The molecule has 0 unspecified atom stereocenters. The Kier molecular flexibility index (Phi) is 4.12. The first kappa shape index (κ1) is 15.6. The fourth-order valence-electron chi connectivity index (χ4n) is 2.66. The van der Waals surface area contributed by atoms with Crippen molar-refractivity contribution >= 4 is 27.9 Å². The molecule has 0 radical (unpaired) electrons. The van der Waals surface area contributed by atoms with E-state index in [4.69, 9.17) is 0 Å². The van der Waals surface area contributed by atoms with Crippen molar-refractivity contribution in [3.63, 3.8) is 0 Å². The average molecular weight is 329 g/mol. The monoisotopic (exact) mass is 329 g/mol. The summed E-state index contributed by atoms with van der Waals surface area (Å²) in [6, 6.07) is 1.96. The quantitative estimate of drug-likeness (QED) is 0.798. The van der Waals surface area contributed by atoms with Crippen molar-refractivity contribution in [1.29, 1.82) is 0 Å². The van der Waals surface area contributed by atoms with Gasteiger partial charge in [-0.1, -0.05) is 0 Å². The Labute approximate surface area is 138 Å². The highest BCUT2D eigenvalue weighted by Crippen LogP contribution is 2.19. The molecular weight excluding hydrogens is 310 g/mol. The van der Waals surface area contributed by atoms with E-state index in [1.807, 2.05) is 38.3 Å². The van der Waals surface area contributed by atoms with E-state index in [2.05, 4.69) is 20.4 Å². The molecule has 0 saturated heterocycles. The van der Waals surface area contributed by atoms with E-state index in [0.717, 1.165) is 38.3 Å². The molecule has 120 valence electrons. The van der Waals surface area contributed by atoms with Gasteiger partial charge in [0.15, 0.2) is 5.65 Å². The van der Waals surface area contributed by atoms with Crippen LogP contribution in [0.15, 0.2) is 12.3 Å². The number of thiazole rings is 1. The molecule has 3 aromatic heterocycles. The summed E-state index contributed by atoms with van der Waals surface area (Å²) < 4.78 is 1.85. The normalized spacial score (nSPS) is 11.1. The maximum Gasteiger partial charge on any atom is 0.225 e. The number of aromatic nitrogens is 4. The van der Waals surface area contributed by atoms with Crippen LogP contribution in [0.25, 0.3) is 5.65 Å². The minimum atomic E-state index is -0.0100. The minimum absolute atomic E-state index is 0.0100. The lowest BCUT2D eigenvalue weighted by Crippen LogP contribution is -2.13. The molecule has 0 fully saturated rings. The molecule has 3 rings (SSSR count). The van der Waals surface area contributed by atoms with Crippen LogP contribution in [-0.2, 0) is 11.2 Å². The zero-order valence-corrected chi connectivity index (χ0v) is 14.5. The van der Waals surface area contributed by atoms with E-state index >= 15 is 0 Å². The summed E-state index contributed by atoms with van der Waals surface area (Å²) in [7, 11) is 0. The molecule has 0 aliphatic rings. The van der Waals surface area contributed by atoms with Gasteiger partial charge in [-0.15, -0.1) is 11.3 Å². The molecule has 0 aromatic carbocycles. The van der Waals surface area contributed by atoms with Crippen molar-refractivity contribution in [2.45, 2.75) is 40.5 Å². The van der Waals surface area contributed by atoms with E-state index in [0.29, 0.717) is 12.8 Å². The van der Waals surface area contributed by atoms with E-state index in [-0.39, 0.29) is 5.91 Å². The van der Waals surface area contributed by atoms with Gasteiger partial charge in [0.2, 0.25) is 5.91 Å². The molecule has 0 spiro atoms. The van der Waals surface area contributed by atoms with Crippen LogP contribution < -0.4 is 5.32 Å². The van der Waals surface area contributed by atoms with Gasteiger partial charge in [0.05, 0.1) is 16.9 Å². The van der Waals surface area contributed by atoms with Crippen LogP contribution in [0, 0.1) is 27.7 Å². The second-order valence-corrected chi connectivity index (χ2v) is 6.84. The standard InChI is InChI=1S/C16H19N5OS/c1-9-7-14-18-10(2)13(11(3)21(14)20-9)5-6-15(22)19-16-8-17-12(4)23-16/h7-8H,5-6H2,1-4H3,(H,19,22). The number of aryl methyl sites for hydroxylation is 4. The number of nitrogens with zero attached hydrogens (tertiary/aromatic N) is 4. The predicted molar refractivity (Wildman–Crippen MR) is 91.0 cm³/mol. The molecule has 0 atom stereocenters. The van der Waals surface area contributed by atoms with Gasteiger partial charge in [-0.25, -0.2) is 14.5 Å². The van der Waals surface area contributed by atoms with Crippen LogP contribution in [0.2, 0.25) is 0 Å². The number of rotatable bonds is 4. The Morgan fingerprint density at radius 3 is 2.78 bits per heavy atom. The third-order valence-electron chi connectivity index (χ3n) is 3.77. The molecule has 1 N–H and O–H groups in total.